The smallest absolute Gasteiger partial charge is 0.222 e. The molecule has 0 aliphatic heterocycles. The quantitative estimate of drug-likeness (QED) is 0.852. The van der Waals surface area contributed by atoms with Gasteiger partial charge in [-0.2, -0.15) is 4.98 Å². The van der Waals surface area contributed by atoms with Crippen molar-refractivity contribution >= 4 is 5.82 Å². The van der Waals surface area contributed by atoms with Gasteiger partial charge in [0.05, 0.1) is 11.7 Å². The number of rotatable bonds is 6. The minimum absolute atomic E-state index is 0.0933. The fourth-order valence-corrected chi connectivity index (χ4v) is 1.94. The first-order valence-corrected chi connectivity index (χ1v) is 7.59. The van der Waals surface area contributed by atoms with Crippen LogP contribution < -0.4 is 10.1 Å². The van der Waals surface area contributed by atoms with Gasteiger partial charge in [-0.1, -0.05) is 34.1 Å². The van der Waals surface area contributed by atoms with Crippen LogP contribution in [-0.2, 0) is 5.41 Å². The van der Waals surface area contributed by atoms with E-state index in [2.05, 4.69) is 56.8 Å². The van der Waals surface area contributed by atoms with E-state index in [4.69, 9.17) is 4.74 Å². The molecule has 0 spiro atoms. The van der Waals surface area contributed by atoms with E-state index >= 15 is 0 Å². The van der Waals surface area contributed by atoms with Gasteiger partial charge >= 0.3 is 0 Å². The maximum atomic E-state index is 6.02. The van der Waals surface area contributed by atoms with E-state index in [0.29, 0.717) is 5.88 Å². The molecular weight excluding hydrogens is 250 g/mol. The molecule has 0 fully saturated rings. The molecule has 0 saturated carbocycles. The van der Waals surface area contributed by atoms with Crippen molar-refractivity contribution in [3.63, 3.8) is 0 Å². The number of ether oxygens (including phenoxy) is 1. The number of aromatic nitrogens is 2. The van der Waals surface area contributed by atoms with E-state index in [1.807, 2.05) is 6.92 Å². The van der Waals surface area contributed by atoms with Gasteiger partial charge in [0.1, 0.15) is 11.6 Å². The standard InChI is InChI=1S/C16H29N3O/c1-8-10-11(3)20-14-12(4)13(17-9-2)18-15(19-14)16(5,6)7/h11H,8-10H2,1-7H3,(H,17,18,19). The Balaban J connectivity index is 3.16. The van der Waals surface area contributed by atoms with Crippen molar-refractivity contribution in [1.82, 2.24) is 9.97 Å². The van der Waals surface area contributed by atoms with Crippen LogP contribution in [0.1, 0.15) is 65.8 Å². The van der Waals surface area contributed by atoms with Crippen LogP contribution in [0.4, 0.5) is 5.82 Å². The molecule has 0 aliphatic rings. The van der Waals surface area contributed by atoms with Crippen LogP contribution in [0.15, 0.2) is 0 Å². The van der Waals surface area contributed by atoms with E-state index in [-0.39, 0.29) is 11.5 Å². The lowest BCUT2D eigenvalue weighted by Gasteiger charge is -2.22. The monoisotopic (exact) mass is 279 g/mol. The zero-order chi connectivity index (χ0) is 15.3. The van der Waals surface area contributed by atoms with Gasteiger partial charge in [-0.25, -0.2) is 4.98 Å². The topological polar surface area (TPSA) is 47.0 Å². The second kappa shape index (κ2) is 6.91. The van der Waals surface area contributed by atoms with Gasteiger partial charge in [0, 0.05) is 12.0 Å². The van der Waals surface area contributed by atoms with Gasteiger partial charge in [-0.05, 0) is 27.2 Å². The van der Waals surface area contributed by atoms with Gasteiger partial charge in [-0.3, -0.25) is 0 Å². The molecule has 1 aromatic rings. The zero-order valence-electron chi connectivity index (χ0n) is 14.0. The maximum Gasteiger partial charge on any atom is 0.222 e. The van der Waals surface area contributed by atoms with E-state index < -0.39 is 0 Å². The Labute approximate surface area is 123 Å². The van der Waals surface area contributed by atoms with Crippen LogP contribution in [0.2, 0.25) is 0 Å². The number of hydrogen-bond donors (Lipinski definition) is 1. The highest BCUT2D eigenvalue weighted by Crippen LogP contribution is 2.28. The molecule has 0 saturated heterocycles. The summed E-state index contributed by atoms with van der Waals surface area (Å²) in [5, 5.41) is 3.30. The average molecular weight is 279 g/mol. The van der Waals surface area contributed by atoms with Crippen molar-refractivity contribution < 1.29 is 4.74 Å². The lowest BCUT2D eigenvalue weighted by atomic mass is 9.95. The lowest BCUT2D eigenvalue weighted by molar-refractivity contribution is 0.198. The van der Waals surface area contributed by atoms with Crippen LogP contribution in [0.3, 0.4) is 0 Å². The van der Waals surface area contributed by atoms with Crippen LogP contribution in [-0.4, -0.2) is 22.6 Å². The van der Waals surface area contributed by atoms with Crippen molar-refractivity contribution in [2.45, 2.75) is 72.8 Å². The third kappa shape index (κ3) is 4.36. The molecule has 0 aliphatic carbocycles. The second-order valence-corrected chi connectivity index (χ2v) is 6.32. The third-order valence-corrected chi connectivity index (χ3v) is 3.12. The van der Waals surface area contributed by atoms with Crippen molar-refractivity contribution in [1.29, 1.82) is 0 Å². The van der Waals surface area contributed by atoms with Gasteiger partial charge in [-0.15, -0.1) is 0 Å². The lowest BCUT2D eigenvalue weighted by Crippen LogP contribution is -2.21. The predicted octanol–water partition coefficient (Wildman–Crippen LogP) is 4.08. The van der Waals surface area contributed by atoms with Gasteiger partial charge in [0.2, 0.25) is 5.88 Å². The van der Waals surface area contributed by atoms with Gasteiger partial charge in [0.15, 0.2) is 0 Å². The summed E-state index contributed by atoms with van der Waals surface area (Å²) in [6.07, 6.45) is 2.32. The molecule has 1 aromatic heterocycles. The van der Waals surface area contributed by atoms with Crippen molar-refractivity contribution in [3.05, 3.63) is 11.4 Å². The number of hydrogen-bond acceptors (Lipinski definition) is 4. The molecule has 1 N–H and O–H groups in total. The van der Waals surface area contributed by atoms with Crippen LogP contribution in [0.25, 0.3) is 0 Å². The summed E-state index contributed by atoms with van der Waals surface area (Å²) >= 11 is 0. The van der Waals surface area contributed by atoms with Gasteiger partial charge in [0.25, 0.3) is 0 Å². The minimum Gasteiger partial charge on any atom is -0.474 e. The molecule has 20 heavy (non-hydrogen) atoms. The predicted molar refractivity (Wildman–Crippen MR) is 84.6 cm³/mol. The molecule has 0 radical (unpaired) electrons. The molecule has 1 unspecified atom stereocenters. The van der Waals surface area contributed by atoms with E-state index in [0.717, 1.165) is 36.6 Å². The largest absolute Gasteiger partial charge is 0.474 e. The number of nitrogens with one attached hydrogen (secondary N) is 1. The highest BCUT2D eigenvalue weighted by Gasteiger charge is 2.22. The van der Waals surface area contributed by atoms with E-state index in [9.17, 15) is 0 Å². The molecule has 1 heterocycles. The third-order valence-electron chi connectivity index (χ3n) is 3.12. The maximum absolute atomic E-state index is 6.02. The minimum atomic E-state index is -0.0933. The first-order valence-electron chi connectivity index (χ1n) is 7.59. The summed E-state index contributed by atoms with van der Waals surface area (Å²) in [6.45, 7) is 15.5. The number of anilines is 1. The SMILES string of the molecule is CCCC(C)Oc1nc(C(C)(C)C)nc(NCC)c1C. The van der Waals surface area contributed by atoms with Gasteiger partial charge < -0.3 is 10.1 Å². The number of nitrogens with zero attached hydrogens (tertiary/aromatic N) is 2. The van der Waals surface area contributed by atoms with Crippen LogP contribution >= 0.6 is 0 Å². The van der Waals surface area contributed by atoms with Crippen molar-refractivity contribution in [2.24, 2.45) is 0 Å². The molecular formula is C16H29N3O. The first-order chi connectivity index (χ1) is 9.29. The molecule has 0 amide bonds. The van der Waals surface area contributed by atoms with E-state index in [1.54, 1.807) is 0 Å². The summed E-state index contributed by atoms with van der Waals surface area (Å²) in [7, 11) is 0. The Morgan fingerprint density at radius 2 is 1.85 bits per heavy atom. The van der Waals surface area contributed by atoms with Crippen LogP contribution in [0, 0.1) is 6.92 Å². The zero-order valence-corrected chi connectivity index (χ0v) is 14.0. The molecule has 0 aromatic carbocycles. The Hall–Kier alpha value is -1.32. The van der Waals surface area contributed by atoms with Crippen molar-refractivity contribution in [3.8, 4) is 5.88 Å². The highest BCUT2D eigenvalue weighted by molar-refractivity contribution is 5.49. The molecule has 1 atom stereocenters. The molecule has 0 bridgehead atoms. The molecule has 1 rings (SSSR count). The van der Waals surface area contributed by atoms with Crippen LogP contribution in [0.5, 0.6) is 5.88 Å². The summed E-state index contributed by atoms with van der Waals surface area (Å²) in [4.78, 5) is 9.28. The first kappa shape index (κ1) is 16.7. The summed E-state index contributed by atoms with van der Waals surface area (Å²) < 4.78 is 6.02. The Kier molecular flexibility index (Phi) is 5.78. The fourth-order valence-electron chi connectivity index (χ4n) is 1.94. The molecule has 4 heteroatoms. The van der Waals surface area contributed by atoms with Crippen molar-refractivity contribution in [2.75, 3.05) is 11.9 Å². The normalized spacial score (nSPS) is 13.2. The molecule has 4 nitrogen and oxygen atoms in total. The Bertz CT molecular complexity index is 438. The summed E-state index contributed by atoms with van der Waals surface area (Å²) in [5.41, 5.74) is 0.895. The molecule has 114 valence electrons. The average Bonchev–Trinajstić information content (AvgIpc) is 2.33. The Morgan fingerprint density at radius 1 is 1.20 bits per heavy atom. The highest BCUT2D eigenvalue weighted by atomic mass is 16.5. The second-order valence-electron chi connectivity index (χ2n) is 6.32. The Morgan fingerprint density at radius 3 is 2.35 bits per heavy atom. The fraction of sp³-hybridized carbons (Fsp3) is 0.750. The van der Waals surface area contributed by atoms with E-state index in [1.165, 1.54) is 0 Å². The summed E-state index contributed by atoms with van der Waals surface area (Å²) in [6, 6.07) is 0. The summed E-state index contributed by atoms with van der Waals surface area (Å²) in [5.74, 6) is 2.41.